The predicted molar refractivity (Wildman–Crippen MR) is 85.2 cm³/mol. The minimum atomic E-state index is -0.317. The van der Waals surface area contributed by atoms with Crippen LogP contribution in [-0.2, 0) is 0 Å². The van der Waals surface area contributed by atoms with Gasteiger partial charge < -0.3 is 10.6 Å². The zero-order valence-corrected chi connectivity index (χ0v) is 12.9. The molecule has 0 fully saturated rings. The monoisotopic (exact) mass is 344 g/mol. The number of aromatic nitrogens is 1. The van der Waals surface area contributed by atoms with Crippen LogP contribution >= 0.6 is 15.9 Å². The highest BCUT2D eigenvalue weighted by Crippen LogP contribution is 2.21. The minimum absolute atomic E-state index is 0.317. The number of nitrogens with one attached hydrogen (secondary N) is 2. The number of nitriles is 1. The molecule has 106 valence electrons. The first kappa shape index (κ1) is 15.0. The molecule has 1 aromatic heterocycles. The molecule has 1 amide bonds. The van der Waals surface area contributed by atoms with E-state index in [2.05, 4.69) is 31.5 Å². The summed E-state index contributed by atoms with van der Waals surface area (Å²) in [5.74, 6) is 0.190. The number of hydrogen-bond donors (Lipinski definition) is 2. The van der Waals surface area contributed by atoms with E-state index in [0.717, 1.165) is 0 Å². The summed E-state index contributed by atoms with van der Waals surface area (Å²) in [6.07, 6.45) is 1.62. The fourth-order valence-corrected chi connectivity index (χ4v) is 2.13. The van der Waals surface area contributed by atoms with Crippen LogP contribution in [0.1, 0.15) is 22.8 Å². The number of amides is 1. The third kappa shape index (κ3) is 3.58. The van der Waals surface area contributed by atoms with Crippen LogP contribution in [-0.4, -0.2) is 17.4 Å². The smallest absolute Gasteiger partial charge is 0.259 e. The minimum Gasteiger partial charge on any atom is -0.370 e. The van der Waals surface area contributed by atoms with Gasteiger partial charge in [-0.25, -0.2) is 4.98 Å². The molecule has 0 saturated carbocycles. The van der Waals surface area contributed by atoms with E-state index in [4.69, 9.17) is 5.26 Å². The summed E-state index contributed by atoms with van der Waals surface area (Å²) in [4.78, 5) is 16.6. The quantitative estimate of drug-likeness (QED) is 0.890. The predicted octanol–water partition coefficient (Wildman–Crippen LogP) is 3.40. The first-order chi connectivity index (χ1) is 10.2. The number of rotatable bonds is 4. The second-order valence-electron chi connectivity index (χ2n) is 4.19. The molecule has 2 N–H and O–H groups in total. The molecule has 0 atom stereocenters. The molecule has 2 aromatic rings. The maximum atomic E-state index is 12.4. The number of pyridine rings is 1. The van der Waals surface area contributed by atoms with Gasteiger partial charge in [-0.3, -0.25) is 4.79 Å². The SMILES string of the molecule is CCNc1ncc(Br)cc1C(=O)Nc1ccccc1C#N. The Kier molecular flexibility index (Phi) is 4.90. The van der Waals surface area contributed by atoms with Gasteiger partial charge in [0.25, 0.3) is 5.91 Å². The number of para-hydroxylation sites is 1. The Labute approximate surface area is 131 Å². The van der Waals surface area contributed by atoms with Crippen molar-refractivity contribution < 1.29 is 4.79 Å². The summed E-state index contributed by atoms with van der Waals surface area (Å²) >= 11 is 3.31. The molecule has 0 saturated heterocycles. The van der Waals surface area contributed by atoms with Crippen LogP contribution in [0.25, 0.3) is 0 Å². The van der Waals surface area contributed by atoms with Crippen LogP contribution in [0.4, 0.5) is 11.5 Å². The summed E-state index contributed by atoms with van der Waals surface area (Å²) in [6.45, 7) is 2.58. The van der Waals surface area contributed by atoms with Gasteiger partial charge in [0.05, 0.1) is 16.8 Å². The standard InChI is InChI=1S/C15H13BrN4O/c1-2-18-14-12(7-11(16)9-19-14)15(21)20-13-6-4-3-5-10(13)8-17/h3-7,9H,2H2,1H3,(H,18,19)(H,20,21). The second-order valence-corrected chi connectivity index (χ2v) is 5.11. The van der Waals surface area contributed by atoms with Crippen molar-refractivity contribution >= 4 is 33.3 Å². The van der Waals surface area contributed by atoms with Gasteiger partial charge >= 0.3 is 0 Å². The summed E-state index contributed by atoms with van der Waals surface area (Å²) in [7, 11) is 0. The van der Waals surface area contributed by atoms with Crippen molar-refractivity contribution in [3.05, 3.63) is 52.1 Å². The summed E-state index contributed by atoms with van der Waals surface area (Å²) in [6, 6.07) is 10.6. The van der Waals surface area contributed by atoms with Crippen molar-refractivity contribution in [3.8, 4) is 6.07 Å². The van der Waals surface area contributed by atoms with E-state index in [0.29, 0.717) is 33.6 Å². The molecule has 1 aromatic carbocycles. The Hall–Kier alpha value is -2.39. The first-order valence-corrected chi connectivity index (χ1v) is 7.15. The molecule has 21 heavy (non-hydrogen) atoms. The van der Waals surface area contributed by atoms with Gasteiger partial charge in [0.15, 0.2) is 0 Å². The largest absolute Gasteiger partial charge is 0.370 e. The summed E-state index contributed by atoms with van der Waals surface area (Å²) < 4.78 is 0.711. The maximum absolute atomic E-state index is 12.4. The number of nitrogens with zero attached hydrogens (tertiary/aromatic N) is 2. The number of anilines is 2. The van der Waals surface area contributed by atoms with Gasteiger partial charge in [-0.05, 0) is 41.1 Å². The molecular formula is C15H13BrN4O. The third-order valence-electron chi connectivity index (χ3n) is 2.74. The zero-order valence-electron chi connectivity index (χ0n) is 11.4. The van der Waals surface area contributed by atoms with Crippen molar-refractivity contribution in [1.29, 1.82) is 5.26 Å². The number of hydrogen-bond acceptors (Lipinski definition) is 4. The van der Waals surface area contributed by atoms with E-state index in [-0.39, 0.29) is 5.91 Å². The van der Waals surface area contributed by atoms with Crippen LogP contribution in [0.3, 0.4) is 0 Å². The van der Waals surface area contributed by atoms with Gasteiger partial charge in [-0.15, -0.1) is 0 Å². The number of carbonyl (C=O) groups excluding carboxylic acids is 1. The van der Waals surface area contributed by atoms with Gasteiger partial charge in [-0.1, -0.05) is 12.1 Å². The molecule has 0 aliphatic rings. The Morgan fingerprint density at radius 1 is 1.43 bits per heavy atom. The average molecular weight is 345 g/mol. The van der Waals surface area contributed by atoms with E-state index < -0.39 is 0 Å². The van der Waals surface area contributed by atoms with Crippen LogP contribution in [0.5, 0.6) is 0 Å². The van der Waals surface area contributed by atoms with Crippen LogP contribution in [0, 0.1) is 11.3 Å². The Morgan fingerprint density at radius 3 is 2.90 bits per heavy atom. The number of halogens is 1. The van der Waals surface area contributed by atoms with Gasteiger partial charge in [0, 0.05) is 17.2 Å². The van der Waals surface area contributed by atoms with Crippen LogP contribution < -0.4 is 10.6 Å². The Balaban J connectivity index is 2.32. The van der Waals surface area contributed by atoms with E-state index >= 15 is 0 Å². The highest BCUT2D eigenvalue weighted by atomic mass is 79.9. The molecule has 0 aliphatic heterocycles. The van der Waals surface area contributed by atoms with Crippen molar-refractivity contribution in [1.82, 2.24) is 4.98 Å². The topological polar surface area (TPSA) is 77.8 Å². The average Bonchev–Trinajstić information content (AvgIpc) is 2.49. The van der Waals surface area contributed by atoms with Gasteiger partial charge in [0.2, 0.25) is 0 Å². The van der Waals surface area contributed by atoms with Crippen molar-refractivity contribution in [2.24, 2.45) is 0 Å². The summed E-state index contributed by atoms with van der Waals surface area (Å²) in [5.41, 5.74) is 1.31. The van der Waals surface area contributed by atoms with Crippen molar-refractivity contribution in [2.75, 3.05) is 17.2 Å². The van der Waals surface area contributed by atoms with E-state index in [9.17, 15) is 4.79 Å². The third-order valence-corrected chi connectivity index (χ3v) is 3.17. The Bertz CT molecular complexity index is 709. The molecule has 0 unspecified atom stereocenters. The molecule has 5 nitrogen and oxygen atoms in total. The number of carbonyl (C=O) groups is 1. The molecule has 0 radical (unpaired) electrons. The maximum Gasteiger partial charge on any atom is 0.259 e. The molecule has 1 heterocycles. The lowest BCUT2D eigenvalue weighted by Gasteiger charge is -2.11. The number of benzene rings is 1. The lowest BCUT2D eigenvalue weighted by Crippen LogP contribution is -2.16. The second kappa shape index (κ2) is 6.86. The molecule has 0 spiro atoms. The zero-order chi connectivity index (χ0) is 15.2. The summed E-state index contributed by atoms with van der Waals surface area (Å²) in [5, 5.41) is 14.8. The Morgan fingerprint density at radius 2 is 2.19 bits per heavy atom. The van der Waals surface area contributed by atoms with Gasteiger partial charge in [-0.2, -0.15) is 5.26 Å². The molecule has 2 rings (SSSR count). The first-order valence-electron chi connectivity index (χ1n) is 6.35. The van der Waals surface area contributed by atoms with E-state index in [1.54, 1.807) is 36.5 Å². The van der Waals surface area contributed by atoms with Crippen molar-refractivity contribution in [3.63, 3.8) is 0 Å². The van der Waals surface area contributed by atoms with E-state index in [1.807, 2.05) is 13.0 Å². The van der Waals surface area contributed by atoms with Crippen LogP contribution in [0.15, 0.2) is 41.0 Å². The van der Waals surface area contributed by atoms with E-state index in [1.165, 1.54) is 0 Å². The molecule has 0 aliphatic carbocycles. The lowest BCUT2D eigenvalue weighted by molar-refractivity contribution is 0.102. The normalized spacial score (nSPS) is 9.76. The fourth-order valence-electron chi connectivity index (χ4n) is 1.80. The molecular weight excluding hydrogens is 332 g/mol. The molecule has 6 heteroatoms. The highest BCUT2D eigenvalue weighted by Gasteiger charge is 2.14. The van der Waals surface area contributed by atoms with Gasteiger partial charge in [0.1, 0.15) is 11.9 Å². The fraction of sp³-hybridized carbons (Fsp3) is 0.133. The van der Waals surface area contributed by atoms with Crippen LogP contribution in [0.2, 0.25) is 0 Å². The highest BCUT2D eigenvalue weighted by molar-refractivity contribution is 9.10. The molecule has 0 bridgehead atoms. The van der Waals surface area contributed by atoms with Crippen molar-refractivity contribution in [2.45, 2.75) is 6.92 Å². The lowest BCUT2D eigenvalue weighted by atomic mass is 10.1.